The number of anilines is 1. The summed E-state index contributed by atoms with van der Waals surface area (Å²) in [4.78, 5) is 6.43. The third-order valence-corrected chi connectivity index (χ3v) is 4.44. The van der Waals surface area contributed by atoms with Crippen molar-refractivity contribution >= 4 is 21.6 Å². The second kappa shape index (κ2) is 7.57. The lowest BCUT2D eigenvalue weighted by atomic mass is 10.1. The maximum atomic E-state index is 4.07. The molecule has 1 aromatic heterocycles. The molecule has 0 saturated heterocycles. The van der Waals surface area contributed by atoms with Crippen LogP contribution in [-0.2, 0) is 6.54 Å². The first-order valence-electron chi connectivity index (χ1n) is 7.26. The zero-order chi connectivity index (χ0) is 15.2. The van der Waals surface area contributed by atoms with Gasteiger partial charge in [-0.15, -0.1) is 0 Å². The van der Waals surface area contributed by atoms with E-state index in [0.717, 1.165) is 17.6 Å². The molecule has 0 bridgehead atoms. The fourth-order valence-electron chi connectivity index (χ4n) is 2.31. The van der Waals surface area contributed by atoms with Crippen LogP contribution in [0.5, 0.6) is 0 Å². The van der Waals surface area contributed by atoms with E-state index in [1.54, 1.807) is 0 Å². The minimum absolute atomic E-state index is 0.337. The van der Waals surface area contributed by atoms with Crippen molar-refractivity contribution in [2.24, 2.45) is 0 Å². The van der Waals surface area contributed by atoms with Crippen LogP contribution in [-0.4, -0.2) is 18.6 Å². The first-order chi connectivity index (χ1) is 10.2. The predicted molar refractivity (Wildman–Crippen MR) is 92.6 cm³/mol. The van der Waals surface area contributed by atoms with Crippen molar-refractivity contribution in [2.75, 3.05) is 18.5 Å². The standard InChI is InChI=1S/C17H22BrN3/c1-4-21(12-14-7-9-20-10-8-14)15-5-6-16(13(2)19-3)17(18)11-15/h5-11,13,19H,4,12H2,1-3H3. The van der Waals surface area contributed by atoms with Crippen LogP contribution < -0.4 is 10.2 Å². The van der Waals surface area contributed by atoms with E-state index >= 15 is 0 Å². The SMILES string of the molecule is CCN(Cc1ccncc1)c1ccc(C(C)NC)c(Br)c1. The van der Waals surface area contributed by atoms with Crippen molar-refractivity contribution in [2.45, 2.75) is 26.4 Å². The molecule has 0 aliphatic heterocycles. The van der Waals surface area contributed by atoms with Gasteiger partial charge in [-0.25, -0.2) is 0 Å². The number of pyridine rings is 1. The van der Waals surface area contributed by atoms with Crippen molar-refractivity contribution in [1.29, 1.82) is 0 Å². The molecule has 2 aromatic rings. The van der Waals surface area contributed by atoms with Gasteiger partial charge in [0, 0.05) is 41.7 Å². The summed E-state index contributed by atoms with van der Waals surface area (Å²) in [6.45, 7) is 6.20. The molecule has 1 N–H and O–H groups in total. The highest BCUT2D eigenvalue weighted by Gasteiger charge is 2.11. The van der Waals surface area contributed by atoms with Gasteiger partial charge in [0.25, 0.3) is 0 Å². The van der Waals surface area contributed by atoms with Crippen molar-refractivity contribution < 1.29 is 0 Å². The van der Waals surface area contributed by atoms with Gasteiger partial charge < -0.3 is 10.2 Å². The first-order valence-corrected chi connectivity index (χ1v) is 8.05. The fraction of sp³-hybridized carbons (Fsp3) is 0.353. The van der Waals surface area contributed by atoms with Crippen LogP contribution in [0.3, 0.4) is 0 Å². The third kappa shape index (κ3) is 4.05. The van der Waals surface area contributed by atoms with Gasteiger partial charge in [0.15, 0.2) is 0 Å². The summed E-state index contributed by atoms with van der Waals surface area (Å²) in [5.74, 6) is 0. The molecular weight excluding hydrogens is 326 g/mol. The number of aromatic nitrogens is 1. The average Bonchev–Trinajstić information content (AvgIpc) is 2.52. The number of nitrogens with one attached hydrogen (secondary N) is 1. The van der Waals surface area contributed by atoms with E-state index < -0.39 is 0 Å². The van der Waals surface area contributed by atoms with E-state index in [4.69, 9.17) is 0 Å². The normalized spacial score (nSPS) is 12.2. The molecule has 1 heterocycles. The zero-order valence-corrected chi connectivity index (χ0v) is 14.4. The van der Waals surface area contributed by atoms with Crippen LogP contribution in [0.25, 0.3) is 0 Å². The molecular formula is C17H22BrN3. The van der Waals surface area contributed by atoms with Crippen LogP contribution in [0, 0.1) is 0 Å². The number of hydrogen-bond acceptors (Lipinski definition) is 3. The largest absolute Gasteiger partial charge is 0.367 e. The topological polar surface area (TPSA) is 28.2 Å². The number of rotatable bonds is 6. The molecule has 4 heteroatoms. The summed E-state index contributed by atoms with van der Waals surface area (Å²) in [6, 6.07) is 11.1. The van der Waals surface area contributed by atoms with Gasteiger partial charge >= 0.3 is 0 Å². The maximum absolute atomic E-state index is 4.07. The van der Waals surface area contributed by atoms with Crippen LogP contribution >= 0.6 is 15.9 Å². The van der Waals surface area contributed by atoms with E-state index in [1.165, 1.54) is 16.8 Å². The van der Waals surface area contributed by atoms with Gasteiger partial charge in [-0.05, 0) is 56.3 Å². The fourth-order valence-corrected chi connectivity index (χ4v) is 3.02. The lowest BCUT2D eigenvalue weighted by molar-refractivity contribution is 0.649. The molecule has 0 saturated carbocycles. The summed E-state index contributed by atoms with van der Waals surface area (Å²) in [5, 5.41) is 3.27. The highest BCUT2D eigenvalue weighted by Crippen LogP contribution is 2.28. The molecule has 2 rings (SSSR count). The molecule has 1 unspecified atom stereocenters. The first kappa shape index (κ1) is 16.0. The molecule has 0 aliphatic rings. The smallest absolute Gasteiger partial charge is 0.0430 e. The van der Waals surface area contributed by atoms with Crippen LogP contribution in [0.15, 0.2) is 47.2 Å². The number of benzene rings is 1. The molecule has 0 amide bonds. The molecule has 21 heavy (non-hydrogen) atoms. The second-order valence-corrected chi connectivity index (χ2v) is 5.94. The van der Waals surface area contributed by atoms with Crippen molar-refractivity contribution in [1.82, 2.24) is 10.3 Å². The van der Waals surface area contributed by atoms with Crippen LogP contribution in [0.2, 0.25) is 0 Å². The summed E-state index contributed by atoms with van der Waals surface area (Å²) < 4.78 is 1.15. The highest BCUT2D eigenvalue weighted by atomic mass is 79.9. The van der Waals surface area contributed by atoms with E-state index in [1.807, 2.05) is 19.4 Å². The molecule has 0 fully saturated rings. The van der Waals surface area contributed by atoms with Gasteiger partial charge in [0.05, 0.1) is 0 Å². The molecule has 1 aromatic carbocycles. The monoisotopic (exact) mass is 347 g/mol. The van der Waals surface area contributed by atoms with Gasteiger partial charge in [0.1, 0.15) is 0 Å². The van der Waals surface area contributed by atoms with Crippen molar-refractivity contribution in [3.63, 3.8) is 0 Å². The molecule has 3 nitrogen and oxygen atoms in total. The Hall–Kier alpha value is -1.39. The molecule has 0 spiro atoms. The van der Waals surface area contributed by atoms with Crippen LogP contribution in [0.1, 0.15) is 31.0 Å². The van der Waals surface area contributed by atoms with Crippen molar-refractivity contribution in [3.05, 3.63) is 58.3 Å². The highest BCUT2D eigenvalue weighted by molar-refractivity contribution is 9.10. The van der Waals surface area contributed by atoms with Gasteiger partial charge in [-0.3, -0.25) is 4.98 Å². The average molecular weight is 348 g/mol. The second-order valence-electron chi connectivity index (χ2n) is 5.09. The Bertz CT molecular complexity index is 572. The molecule has 112 valence electrons. The summed E-state index contributed by atoms with van der Waals surface area (Å²) in [6.07, 6.45) is 3.69. The Morgan fingerprint density at radius 1 is 1.24 bits per heavy atom. The van der Waals surface area contributed by atoms with E-state index in [-0.39, 0.29) is 0 Å². The molecule has 1 atom stereocenters. The Labute approximate surface area is 135 Å². The quantitative estimate of drug-likeness (QED) is 0.850. The summed E-state index contributed by atoms with van der Waals surface area (Å²) in [5.41, 5.74) is 3.78. The minimum atomic E-state index is 0.337. The number of halogens is 1. The van der Waals surface area contributed by atoms with Gasteiger partial charge in [-0.2, -0.15) is 0 Å². The lowest BCUT2D eigenvalue weighted by Crippen LogP contribution is -2.22. The van der Waals surface area contributed by atoms with E-state index in [9.17, 15) is 0 Å². The minimum Gasteiger partial charge on any atom is -0.367 e. The van der Waals surface area contributed by atoms with E-state index in [2.05, 4.69) is 75.3 Å². The maximum Gasteiger partial charge on any atom is 0.0430 e. The Balaban J connectivity index is 2.21. The summed E-state index contributed by atoms with van der Waals surface area (Å²) in [7, 11) is 1.98. The van der Waals surface area contributed by atoms with Gasteiger partial charge in [-0.1, -0.05) is 22.0 Å². The summed E-state index contributed by atoms with van der Waals surface area (Å²) >= 11 is 3.69. The Morgan fingerprint density at radius 3 is 2.52 bits per heavy atom. The Morgan fingerprint density at radius 2 is 1.95 bits per heavy atom. The number of nitrogens with zero attached hydrogens (tertiary/aromatic N) is 2. The van der Waals surface area contributed by atoms with Gasteiger partial charge in [0.2, 0.25) is 0 Å². The third-order valence-electron chi connectivity index (χ3n) is 3.75. The number of hydrogen-bond donors (Lipinski definition) is 1. The van der Waals surface area contributed by atoms with Crippen LogP contribution in [0.4, 0.5) is 5.69 Å². The van der Waals surface area contributed by atoms with E-state index in [0.29, 0.717) is 6.04 Å². The molecule has 0 aliphatic carbocycles. The predicted octanol–water partition coefficient (Wildman–Crippen LogP) is 4.15. The lowest BCUT2D eigenvalue weighted by Gasteiger charge is -2.24. The molecule has 0 radical (unpaired) electrons. The van der Waals surface area contributed by atoms with Crippen molar-refractivity contribution in [3.8, 4) is 0 Å². The Kier molecular flexibility index (Phi) is 5.76. The zero-order valence-electron chi connectivity index (χ0n) is 12.8.